The van der Waals surface area contributed by atoms with Gasteiger partial charge in [-0.3, -0.25) is 0 Å². The van der Waals surface area contributed by atoms with Crippen LogP contribution in [0.4, 0.5) is 10.5 Å². The number of carbonyl (C=O) groups is 1. The number of pyridine rings is 1. The van der Waals surface area contributed by atoms with Gasteiger partial charge in [0.25, 0.3) is 0 Å². The molecule has 1 aromatic carbocycles. The quantitative estimate of drug-likeness (QED) is 0.607. The van der Waals surface area contributed by atoms with Crippen LogP contribution < -0.4 is 15.0 Å². The summed E-state index contributed by atoms with van der Waals surface area (Å²) in [5.74, 6) is 2.02. The number of anilines is 1. The first-order chi connectivity index (χ1) is 15.0. The van der Waals surface area contributed by atoms with E-state index in [9.17, 15) is 4.79 Å². The van der Waals surface area contributed by atoms with Crippen molar-refractivity contribution in [2.24, 2.45) is 0 Å². The molecule has 8 nitrogen and oxygen atoms in total. The Kier molecular flexibility index (Phi) is 6.27. The van der Waals surface area contributed by atoms with Gasteiger partial charge in [-0.25, -0.2) is 14.8 Å². The van der Waals surface area contributed by atoms with Gasteiger partial charge in [0.1, 0.15) is 10.9 Å². The molecular weight excluding hydrogens is 418 g/mol. The van der Waals surface area contributed by atoms with Crippen LogP contribution in [0.1, 0.15) is 11.5 Å². The van der Waals surface area contributed by atoms with Gasteiger partial charge >= 0.3 is 6.03 Å². The number of carbonyl (C=O) groups excluding carboxylic acids is 1. The van der Waals surface area contributed by atoms with E-state index in [1.165, 1.54) is 0 Å². The summed E-state index contributed by atoms with van der Waals surface area (Å²) in [6, 6.07) is 9.50. The molecule has 0 aliphatic carbocycles. The van der Waals surface area contributed by atoms with Crippen molar-refractivity contribution in [3.8, 4) is 17.1 Å². The number of oxazole rings is 1. The zero-order chi connectivity index (χ0) is 21.8. The molecule has 162 valence electrons. The van der Waals surface area contributed by atoms with Crippen molar-refractivity contribution in [2.75, 3.05) is 38.2 Å². The highest BCUT2D eigenvalue weighted by Gasteiger charge is 2.22. The number of urea groups is 1. The molecule has 2 amide bonds. The predicted octanol–water partition coefficient (Wildman–Crippen LogP) is 3.74. The molecule has 3 heterocycles. The molecule has 1 aliphatic rings. The minimum Gasteiger partial charge on any atom is -0.496 e. The van der Waals surface area contributed by atoms with E-state index in [4.69, 9.17) is 20.8 Å². The number of hydrogen-bond acceptors (Lipinski definition) is 6. The van der Waals surface area contributed by atoms with Crippen LogP contribution in [0.3, 0.4) is 0 Å². The number of hydrogen-bond donors (Lipinski definition) is 1. The Bertz CT molecular complexity index is 1050. The minimum atomic E-state index is -0.0804. The lowest BCUT2D eigenvalue weighted by Crippen LogP contribution is -2.51. The molecule has 4 rings (SSSR count). The molecule has 3 aromatic rings. The molecular formula is C22H24ClN5O3. The molecule has 0 saturated carbocycles. The smallest absolute Gasteiger partial charge is 0.317 e. The van der Waals surface area contributed by atoms with E-state index < -0.39 is 0 Å². The fourth-order valence-corrected chi connectivity index (χ4v) is 3.65. The van der Waals surface area contributed by atoms with Crippen molar-refractivity contribution in [2.45, 2.75) is 13.5 Å². The molecule has 9 heteroatoms. The first-order valence-corrected chi connectivity index (χ1v) is 10.4. The van der Waals surface area contributed by atoms with Crippen LogP contribution in [0.25, 0.3) is 11.3 Å². The van der Waals surface area contributed by atoms with Gasteiger partial charge in [-0.1, -0.05) is 17.7 Å². The molecule has 1 aliphatic heterocycles. The summed E-state index contributed by atoms with van der Waals surface area (Å²) in [5, 5.41) is 3.37. The number of piperazine rings is 1. The number of rotatable bonds is 5. The number of aryl methyl sites for hydroxylation is 1. The van der Waals surface area contributed by atoms with Crippen LogP contribution in [-0.4, -0.2) is 54.2 Å². The topological polar surface area (TPSA) is 83.7 Å². The fraction of sp³-hybridized carbons (Fsp3) is 0.318. The molecule has 0 spiro atoms. The van der Waals surface area contributed by atoms with Gasteiger partial charge in [-0.15, -0.1) is 0 Å². The molecule has 0 bridgehead atoms. The Balaban J connectivity index is 1.34. The van der Waals surface area contributed by atoms with E-state index in [1.54, 1.807) is 25.6 Å². The molecule has 0 unspecified atom stereocenters. The first-order valence-electron chi connectivity index (χ1n) is 10.0. The van der Waals surface area contributed by atoms with Crippen LogP contribution in [0.5, 0.6) is 5.75 Å². The lowest BCUT2D eigenvalue weighted by molar-refractivity contribution is 0.194. The van der Waals surface area contributed by atoms with Gasteiger partial charge in [0.15, 0.2) is 11.7 Å². The largest absolute Gasteiger partial charge is 0.496 e. The summed E-state index contributed by atoms with van der Waals surface area (Å²) in [6.07, 6.45) is 3.36. The molecule has 31 heavy (non-hydrogen) atoms. The van der Waals surface area contributed by atoms with Gasteiger partial charge in [-0.05, 0) is 23.8 Å². The Labute approximate surface area is 185 Å². The number of halogens is 1. The highest BCUT2D eigenvalue weighted by molar-refractivity contribution is 6.29. The number of nitrogens with zero attached hydrogens (tertiary/aromatic N) is 4. The Morgan fingerprint density at radius 3 is 2.61 bits per heavy atom. The van der Waals surface area contributed by atoms with E-state index in [1.807, 2.05) is 36.1 Å². The average Bonchev–Trinajstić information content (AvgIpc) is 3.24. The maximum atomic E-state index is 12.5. The van der Waals surface area contributed by atoms with Gasteiger partial charge in [-0.2, -0.15) is 0 Å². The lowest BCUT2D eigenvalue weighted by atomic mass is 10.1. The molecule has 0 atom stereocenters. The van der Waals surface area contributed by atoms with Gasteiger partial charge in [0, 0.05) is 57.6 Å². The van der Waals surface area contributed by atoms with Crippen molar-refractivity contribution < 1.29 is 13.9 Å². The van der Waals surface area contributed by atoms with Crippen molar-refractivity contribution in [1.82, 2.24) is 20.2 Å². The summed E-state index contributed by atoms with van der Waals surface area (Å²) < 4.78 is 11.2. The zero-order valence-corrected chi connectivity index (χ0v) is 18.2. The maximum Gasteiger partial charge on any atom is 0.317 e. The van der Waals surface area contributed by atoms with E-state index in [2.05, 4.69) is 20.2 Å². The van der Waals surface area contributed by atoms with Crippen LogP contribution in [-0.2, 0) is 6.54 Å². The summed E-state index contributed by atoms with van der Waals surface area (Å²) in [5.41, 5.74) is 2.82. The summed E-state index contributed by atoms with van der Waals surface area (Å²) in [6.45, 7) is 4.97. The molecule has 1 fully saturated rings. The number of ether oxygens (including phenoxy) is 1. The summed E-state index contributed by atoms with van der Waals surface area (Å²) in [4.78, 5) is 24.7. The first kappa shape index (κ1) is 21.0. The third-order valence-corrected chi connectivity index (χ3v) is 5.46. The number of aromatic nitrogens is 2. The maximum absolute atomic E-state index is 12.5. The van der Waals surface area contributed by atoms with E-state index in [0.29, 0.717) is 36.4 Å². The Morgan fingerprint density at radius 2 is 1.97 bits per heavy atom. The number of amides is 2. The SMILES string of the molecule is COc1cc(N2CCN(C(=O)NCc3ccc(Cl)nc3)CC2)ccc1-c1cnc(C)o1. The van der Waals surface area contributed by atoms with Crippen LogP contribution in [0.2, 0.25) is 5.15 Å². The second kappa shape index (κ2) is 9.26. The summed E-state index contributed by atoms with van der Waals surface area (Å²) >= 11 is 5.79. The molecule has 1 saturated heterocycles. The zero-order valence-electron chi connectivity index (χ0n) is 17.5. The predicted molar refractivity (Wildman–Crippen MR) is 118 cm³/mol. The highest BCUT2D eigenvalue weighted by atomic mass is 35.5. The van der Waals surface area contributed by atoms with Crippen molar-refractivity contribution >= 4 is 23.3 Å². The fourth-order valence-electron chi connectivity index (χ4n) is 3.53. The van der Waals surface area contributed by atoms with Crippen LogP contribution >= 0.6 is 11.6 Å². The van der Waals surface area contributed by atoms with E-state index >= 15 is 0 Å². The summed E-state index contributed by atoms with van der Waals surface area (Å²) in [7, 11) is 1.64. The van der Waals surface area contributed by atoms with Crippen molar-refractivity contribution in [3.63, 3.8) is 0 Å². The highest BCUT2D eigenvalue weighted by Crippen LogP contribution is 2.34. The number of methoxy groups -OCH3 is 1. The molecule has 1 N–H and O–H groups in total. The van der Waals surface area contributed by atoms with Crippen LogP contribution in [0.15, 0.2) is 47.1 Å². The van der Waals surface area contributed by atoms with Crippen molar-refractivity contribution in [3.05, 3.63) is 59.3 Å². The normalized spacial score (nSPS) is 13.9. The van der Waals surface area contributed by atoms with E-state index in [-0.39, 0.29) is 6.03 Å². The second-order valence-electron chi connectivity index (χ2n) is 7.25. The van der Waals surface area contributed by atoms with Gasteiger partial charge < -0.3 is 24.3 Å². The third kappa shape index (κ3) is 4.91. The lowest BCUT2D eigenvalue weighted by Gasteiger charge is -2.36. The van der Waals surface area contributed by atoms with Crippen molar-refractivity contribution in [1.29, 1.82) is 0 Å². The average molecular weight is 442 g/mol. The third-order valence-electron chi connectivity index (χ3n) is 5.24. The van der Waals surface area contributed by atoms with E-state index in [0.717, 1.165) is 35.7 Å². The number of nitrogens with one attached hydrogen (secondary N) is 1. The van der Waals surface area contributed by atoms with Crippen LogP contribution in [0, 0.1) is 6.92 Å². The molecule has 0 radical (unpaired) electrons. The standard InChI is InChI=1S/C22H24ClN5O3/c1-15-24-14-20(31-15)18-5-4-17(11-19(18)30-2)27-7-9-28(10-8-27)22(29)26-13-16-3-6-21(23)25-12-16/h3-6,11-12,14H,7-10,13H2,1-2H3,(H,26,29). The molecule has 2 aromatic heterocycles. The Morgan fingerprint density at radius 1 is 1.16 bits per heavy atom. The minimum absolute atomic E-state index is 0.0804. The monoisotopic (exact) mass is 441 g/mol. The van der Waals surface area contributed by atoms with Gasteiger partial charge in [0.05, 0.1) is 18.9 Å². The Hall–Kier alpha value is -3.26. The second-order valence-corrected chi connectivity index (χ2v) is 7.64. The van der Waals surface area contributed by atoms with Gasteiger partial charge in [0.2, 0.25) is 0 Å². The number of benzene rings is 1.